The maximum atomic E-state index is 11.6. The zero-order valence-corrected chi connectivity index (χ0v) is 14.8. The van der Waals surface area contributed by atoms with Crippen LogP contribution in [-0.2, 0) is 9.53 Å². The predicted octanol–water partition coefficient (Wildman–Crippen LogP) is 6.28. The molecule has 126 valence electrons. The van der Waals surface area contributed by atoms with Crippen LogP contribution in [0.4, 0.5) is 0 Å². The number of rotatable bonds is 15. The maximum Gasteiger partial charge on any atom is 0.305 e. The van der Waals surface area contributed by atoms with E-state index in [2.05, 4.69) is 20.8 Å². The van der Waals surface area contributed by atoms with Crippen LogP contribution in [0.15, 0.2) is 0 Å². The summed E-state index contributed by atoms with van der Waals surface area (Å²) in [5.41, 5.74) is 0. The third-order valence-corrected chi connectivity index (χ3v) is 4.42. The molecule has 0 rings (SSSR count). The average molecular weight is 299 g/mol. The second-order valence-corrected chi connectivity index (χ2v) is 6.27. The van der Waals surface area contributed by atoms with E-state index >= 15 is 0 Å². The zero-order valence-electron chi connectivity index (χ0n) is 14.8. The quantitative estimate of drug-likeness (QED) is 0.263. The normalized spacial score (nSPS) is 11.0. The lowest BCUT2D eigenvalue weighted by molar-refractivity contribution is -0.144. The predicted molar refractivity (Wildman–Crippen MR) is 91.5 cm³/mol. The third kappa shape index (κ3) is 14.2. The first-order valence-corrected chi connectivity index (χ1v) is 9.40. The van der Waals surface area contributed by atoms with Crippen molar-refractivity contribution in [2.24, 2.45) is 5.92 Å². The molecule has 0 aromatic rings. The molecule has 0 atom stereocenters. The van der Waals surface area contributed by atoms with Crippen LogP contribution in [0.5, 0.6) is 0 Å². The minimum atomic E-state index is 0.00136. The Morgan fingerprint density at radius 2 is 1.33 bits per heavy atom. The molecule has 0 amide bonds. The van der Waals surface area contributed by atoms with Crippen LogP contribution in [0.1, 0.15) is 104 Å². The molecule has 0 unspecified atom stereocenters. The molecule has 0 aliphatic carbocycles. The number of unbranched alkanes of at least 4 members (excludes halogenated alkanes) is 8. The van der Waals surface area contributed by atoms with Crippen LogP contribution in [0.2, 0.25) is 0 Å². The lowest BCUT2D eigenvalue weighted by Gasteiger charge is -2.11. The van der Waals surface area contributed by atoms with Gasteiger partial charge in [-0.15, -0.1) is 0 Å². The van der Waals surface area contributed by atoms with Crippen molar-refractivity contribution in [2.45, 2.75) is 104 Å². The number of ether oxygens (including phenoxy) is 1. The van der Waals surface area contributed by atoms with Gasteiger partial charge in [-0.05, 0) is 18.8 Å². The highest BCUT2D eigenvalue weighted by atomic mass is 16.5. The van der Waals surface area contributed by atoms with E-state index in [-0.39, 0.29) is 5.97 Å². The van der Waals surface area contributed by atoms with Crippen molar-refractivity contribution < 1.29 is 9.53 Å². The smallest absolute Gasteiger partial charge is 0.305 e. The van der Waals surface area contributed by atoms with Crippen LogP contribution in [0.3, 0.4) is 0 Å². The average Bonchev–Trinajstić information content (AvgIpc) is 2.50. The fraction of sp³-hybridized carbons (Fsp3) is 0.947. The standard InChI is InChI=1S/C19H38O2/c1-4-7-8-9-10-11-12-13-14-17-21-19(20)16-15-18(5-2)6-3/h18H,4-17H2,1-3H3. The van der Waals surface area contributed by atoms with Gasteiger partial charge in [-0.25, -0.2) is 0 Å². The minimum Gasteiger partial charge on any atom is -0.466 e. The summed E-state index contributed by atoms with van der Waals surface area (Å²) in [6.07, 6.45) is 15.6. The van der Waals surface area contributed by atoms with E-state index < -0.39 is 0 Å². The van der Waals surface area contributed by atoms with Crippen LogP contribution < -0.4 is 0 Å². The Labute approximate surface area is 133 Å². The highest BCUT2D eigenvalue weighted by molar-refractivity contribution is 5.69. The number of carbonyl (C=O) groups excluding carboxylic acids is 1. The zero-order chi connectivity index (χ0) is 15.8. The first-order chi connectivity index (χ1) is 10.2. The van der Waals surface area contributed by atoms with Crippen molar-refractivity contribution in [1.29, 1.82) is 0 Å². The molecule has 0 saturated heterocycles. The van der Waals surface area contributed by atoms with E-state index in [9.17, 15) is 4.79 Å². The van der Waals surface area contributed by atoms with Crippen molar-refractivity contribution in [3.8, 4) is 0 Å². The summed E-state index contributed by atoms with van der Waals surface area (Å²) in [5.74, 6) is 0.687. The molecule has 0 aromatic carbocycles. The van der Waals surface area contributed by atoms with E-state index in [0.29, 0.717) is 18.9 Å². The van der Waals surface area contributed by atoms with Crippen molar-refractivity contribution in [2.75, 3.05) is 6.61 Å². The van der Waals surface area contributed by atoms with Crippen molar-refractivity contribution in [3.63, 3.8) is 0 Å². The largest absolute Gasteiger partial charge is 0.466 e. The van der Waals surface area contributed by atoms with Gasteiger partial charge in [0.05, 0.1) is 6.61 Å². The van der Waals surface area contributed by atoms with Crippen molar-refractivity contribution >= 4 is 5.97 Å². The highest BCUT2D eigenvalue weighted by Gasteiger charge is 2.08. The topological polar surface area (TPSA) is 26.3 Å². The van der Waals surface area contributed by atoms with Gasteiger partial charge < -0.3 is 4.74 Å². The molecule has 0 spiro atoms. The number of hydrogen-bond donors (Lipinski definition) is 0. The second kappa shape index (κ2) is 15.9. The molecule has 0 aromatic heterocycles. The van der Waals surface area contributed by atoms with E-state index in [4.69, 9.17) is 4.74 Å². The van der Waals surface area contributed by atoms with Gasteiger partial charge in [0, 0.05) is 6.42 Å². The molecule has 0 N–H and O–H groups in total. The molecule has 0 bridgehead atoms. The Morgan fingerprint density at radius 1 is 0.810 bits per heavy atom. The summed E-state index contributed by atoms with van der Waals surface area (Å²) in [6.45, 7) is 7.27. The van der Waals surface area contributed by atoms with Crippen molar-refractivity contribution in [3.05, 3.63) is 0 Å². The minimum absolute atomic E-state index is 0.00136. The van der Waals surface area contributed by atoms with E-state index in [0.717, 1.165) is 12.8 Å². The van der Waals surface area contributed by atoms with Crippen LogP contribution >= 0.6 is 0 Å². The first-order valence-electron chi connectivity index (χ1n) is 9.40. The molecule has 0 heterocycles. The Morgan fingerprint density at radius 3 is 1.86 bits per heavy atom. The third-order valence-electron chi connectivity index (χ3n) is 4.42. The second-order valence-electron chi connectivity index (χ2n) is 6.27. The summed E-state index contributed by atoms with van der Waals surface area (Å²) in [7, 11) is 0. The summed E-state index contributed by atoms with van der Waals surface area (Å²) in [5, 5.41) is 0. The van der Waals surface area contributed by atoms with Crippen LogP contribution in [-0.4, -0.2) is 12.6 Å². The highest BCUT2D eigenvalue weighted by Crippen LogP contribution is 2.15. The molecule has 0 saturated carbocycles. The maximum absolute atomic E-state index is 11.6. The Bertz CT molecular complexity index is 222. The molecule has 0 aliphatic heterocycles. The number of hydrogen-bond acceptors (Lipinski definition) is 2. The van der Waals surface area contributed by atoms with Crippen LogP contribution in [0, 0.1) is 5.92 Å². The Balaban J connectivity index is 3.25. The molecule has 2 heteroatoms. The molecule has 0 radical (unpaired) electrons. The van der Waals surface area contributed by atoms with E-state index in [1.165, 1.54) is 64.2 Å². The van der Waals surface area contributed by atoms with Gasteiger partial charge in [-0.1, -0.05) is 85.0 Å². The molecule has 0 fully saturated rings. The molecular weight excluding hydrogens is 260 g/mol. The Kier molecular flexibility index (Phi) is 15.5. The first kappa shape index (κ1) is 20.5. The lowest BCUT2D eigenvalue weighted by atomic mass is 9.98. The van der Waals surface area contributed by atoms with Crippen molar-refractivity contribution in [1.82, 2.24) is 0 Å². The SMILES string of the molecule is CCCCCCCCCCCOC(=O)CCC(CC)CC. The fourth-order valence-electron chi connectivity index (χ4n) is 2.69. The van der Waals surface area contributed by atoms with Gasteiger partial charge in [0.1, 0.15) is 0 Å². The summed E-state index contributed by atoms with van der Waals surface area (Å²) in [6, 6.07) is 0. The van der Waals surface area contributed by atoms with Gasteiger partial charge in [-0.2, -0.15) is 0 Å². The molecule has 0 aliphatic rings. The monoisotopic (exact) mass is 298 g/mol. The van der Waals surface area contributed by atoms with E-state index in [1.807, 2.05) is 0 Å². The Hall–Kier alpha value is -0.530. The number of carbonyl (C=O) groups is 1. The van der Waals surface area contributed by atoms with E-state index in [1.54, 1.807) is 0 Å². The summed E-state index contributed by atoms with van der Waals surface area (Å²) >= 11 is 0. The summed E-state index contributed by atoms with van der Waals surface area (Å²) in [4.78, 5) is 11.6. The van der Waals surface area contributed by atoms with Gasteiger partial charge in [0.25, 0.3) is 0 Å². The van der Waals surface area contributed by atoms with Gasteiger partial charge in [0.15, 0.2) is 0 Å². The number of esters is 1. The molecular formula is C19H38O2. The fourth-order valence-corrected chi connectivity index (χ4v) is 2.69. The van der Waals surface area contributed by atoms with Gasteiger partial charge in [-0.3, -0.25) is 4.79 Å². The summed E-state index contributed by atoms with van der Waals surface area (Å²) < 4.78 is 5.30. The molecule has 2 nitrogen and oxygen atoms in total. The van der Waals surface area contributed by atoms with Crippen LogP contribution in [0.25, 0.3) is 0 Å². The van der Waals surface area contributed by atoms with Gasteiger partial charge >= 0.3 is 5.97 Å². The van der Waals surface area contributed by atoms with Gasteiger partial charge in [0.2, 0.25) is 0 Å². The lowest BCUT2D eigenvalue weighted by Crippen LogP contribution is -2.08. The molecule has 21 heavy (non-hydrogen) atoms.